The molecule has 116 valence electrons. The van der Waals surface area contributed by atoms with Crippen molar-refractivity contribution in [3.8, 4) is 0 Å². The summed E-state index contributed by atoms with van der Waals surface area (Å²) in [5, 5.41) is 0. The summed E-state index contributed by atoms with van der Waals surface area (Å²) in [5.74, 6) is 0.0310. The van der Waals surface area contributed by atoms with Gasteiger partial charge in [-0.15, -0.1) is 0 Å². The zero-order chi connectivity index (χ0) is 15.5. The van der Waals surface area contributed by atoms with E-state index in [1.165, 1.54) is 31.0 Å². The smallest absolute Gasteiger partial charge is 0.267 e. The van der Waals surface area contributed by atoms with E-state index in [2.05, 4.69) is 20.8 Å². The SMILES string of the molecule is O=C1/C(=C\c2ccc(Br)cc2)SC(=S)N1CN1CCCCC1. The third-order valence-electron chi connectivity index (χ3n) is 3.83. The van der Waals surface area contributed by atoms with Crippen molar-refractivity contribution in [2.24, 2.45) is 0 Å². The maximum atomic E-state index is 12.6. The van der Waals surface area contributed by atoms with Crippen LogP contribution in [0.3, 0.4) is 0 Å². The van der Waals surface area contributed by atoms with Crippen LogP contribution in [0.1, 0.15) is 24.8 Å². The number of hydrogen-bond acceptors (Lipinski definition) is 4. The van der Waals surface area contributed by atoms with Crippen LogP contribution >= 0.6 is 39.9 Å². The highest BCUT2D eigenvalue weighted by Gasteiger charge is 2.33. The lowest BCUT2D eigenvalue weighted by molar-refractivity contribution is -0.123. The Labute approximate surface area is 148 Å². The van der Waals surface area contributed by atoms with Crippen molar-refractivity contribution in [3.63, 3.8) is 0 Å². The Morgan fingerprint density at radius 3 is 2.55 bits per heavy atom. The Morgan fingerprint density at radius 2 is 1.86 bits per heavy atom. The van der Waals surface area contributed by atoms with E-state index in [9.17, 15) is 4.79 Å². The minimum absolute atomic E-state index is 0.0310. The molecule has 0 atom stereocenters. The van der Waals surface area contributed by atoms with Gasteiger partial charge in [-0.25, -0.2) is 0 Å². The average Bonchev–Trinajstić information content (AvgIpc) is 2.78. The summed E-state index contributed by atoms with van der Waals surface area (Å²) in [7, 11) is 0. The fraction of sp³-hybridized carbons (Fsp3) is 0.375. The van der Waals surface area contributed by atoms with Crippen molar-refractivity contribution in [2.75, 3.05) is 19.8 Å². The summed E-state index contributed by atoms with van der Waals surface area (Å²) in [4.78, 5) is 17.3. The van der Waals surface area contributed by atoms with Crippen molar-refractivity contribution < 1.29 is 4.79 Å². The lowest BCUT2D eigenvalue weighted by atomic mass is 10.1. The monoisotopic (exact) mass is 396 g/mol. The van der Waals surface area contributed by atoms with Gasteiger partial charge in [0.25, 0.3) is 5.91 Å². The molecule has 1 amide bonds. The molecule has 22 heavy (non-hydrogen) atoms. The molecule has 0 N–H and O–H groups in total. The fourth-order valence-corrected chi connectivity index (χ4v) is 4.14. The topological polar surface area (TPSA) is 23.6 Å². The van der Waals surface area contributed by atoms with Crippen LogP contribution in [-0.2, 0) is 4.79 Å². The number of rotatable bonds is 3. The van der Waals surface area contributed by atoms with Gasteiger partial charge in [-0.05, 0) is 49.7 Å². The number of hydrogen-bond donors (Lipinski definition) is 0. The van der Waals surface area contributed by atoms with Gasteiger partial charge in [0.1, 0.15) is 4.32 Å². The molecule has 0 aromatic heterocycles. The summed E-state index contributed by atoms with van der Waals surface area (Å²) in [5.41, 5.74) is 1.02. The maximum absolute atomic E-state index is 12.6. The van der Waals surface area contributed by atoms with Crippen LogP contribution in [0, 0.1) is 0 Å². The zero-order valence-electron chi connectivity index (χ0n) is 12.1. The molecule has 2 saturated heterocycles. The van der Waals surface area contributed by atoms with Crippen LogP contribution in [0.5, 0.6) is 0 Å². The average molecular weight is 397 g/mol. The van der Waals surface area contributed by atoms with Crippen molar-refractivity contribution in [1.82, 2.24) is 9.80 Å². The van der Waals surface area contributed by atoms with E-state index in [0.29, 0.717) is 15.9 Å². The molecule has 3 rings (SSSR count). The molecule has 2 fully saturated rings. The fourth-order valence-electron chi connectivity index (χ4n) is 2.63. The van der Waals surface area contributed by atoms with Gasteiger partial charge < -0.3 is 0 Å². The van der Waals surface area contributed by atoms with Crippen molar-refractivity contribution in [3.05, 3.63) is 39.2 Å². The van der Waals surface area contributed by atoms with Gasteiger partial charge in [0, 0.05) is 4.47 Å². The first-order valence-corrected chi connectivity index (χ1v) is 9.38. The highest BCUT2D eigenvalue weighted by Crippen LogP contribution is 2.33. The number of piperidine rings is 1. The van der Waals surface area contributed by atoms with Crippen LogP contribution < -0.4 is 0 Å². The molecule has 0 saturated carbocycles. The number of nitrogens with zero attached hydrogens (tertiary/aromatic N) is 2. The second-order valence-corrected chi connectivity index (χ2v) is 8.07. The molecule has 3 nitrogen and oxygen atoms in total. The first-order chi connectivity index (χ1) is 10.6. The molecule has 0 bridgehead atoms. The number of benzene rings is 1. The molecular weight excluding hydrogens is 380 g/mol. The number of thiocarbonyl (C=S) groups is 1. The molecule has 1 aromatic rings. The molecule has 0 spiro atoms. The molecule has 0 unspecified atom stereocenters. The summed E-state index contributed by atoms with van der Waals surface area (Å²) in [6, 6.07) is 7.92. The molecule has 0 aliphatic carbocycles. The number of halogens is 1. The van der Waals surface area contributed by atoms with Gasteiger partial charge in [0.15, 0.2) is 0 Å². The third kappa shape index (κ3) is 3.79. The summed E-state index contributed by atoms with van der Waals surface area (Å²) < 4.78 is 1.70. The van der Waals surface area contributed by atoms with E-state index < -0.39 is 0 Å². The molecule has 2 aliphatic rings. The number of likely N-dealkylation sites (tertiary alicyclic amines) is 1. The van der Waals surface area contributed by atoms with Crippen molar-refractivity contribution in [1.29, 1.82) is 0 Å². The molecule has 0 radical (unpaired) electrons. The summed E-state index contributed by atoms with van der Waals surface area (Å²) in [6.45, 7) is 2.74. The van der Waals surface area contributed by atoms with E-state index in [0.717, 1.165) is 23.1 Å². The van der Waals surface area contributed by atoms with Gasteiger partial charge in [-0.2, -0.15) is 0 Å². The molecule has 1 aromatic carbocycles. The second-order valence-electron chi connectivity index (χ2n) is 5.48. The highest BCUT2D eigenvalue weighted by molar-refractivity contribution is 9.10. The quantitative estimate of drug-likeness (QED) is 0.566. The van der Waals surface area contributed by atoms with Gasteiger partial charge in [0.05, 0.1) is 11.6 Å². The van der Waals surface area contributed by atoms with Gasteiger partial charge in [-0.3, -0.25) is 14.6 Å². The normalized spacial score (nSPS) is 21.9. The Kier molecular flexibility index (Phi) is 5.33. The van der Waals surface area contributed by atoms with Crippen LogP contribution in [0.15, 0.2) is 33.6 Å². The maximum Gasteiger partial charge on any atom is 0.267 e. The zero-order valence-corrected chi connectivity index (χ0v) is 15.3. The van der Waals surface area contributed by atoms with E-state index in [1.807, 2.05) is 30.3 Å². The predicted molar refractivity (Wildman–Crippen MR) is 99.4 cm³/mol. The van der Waals surface area contributed by atoms with Crippen molar-refractivity contribution in [2.45, 2.75) is 19.3 Å². The lowest BCUT2D eigenvalue weighted by Gasteiger charge is -2.29. The van der Waals surface area contributed by atoms with Gasteiger partial charge in [0.2, 0.25) is 0 Å². The van der Waals surface area contributed by atoms with E-state index in [-0.39, 0.29) is 5.91 Å². The first-order valence-electron chi connectivity index (χ1n) is 7.37. The largest absolute Gasteiger partial charge is 0.286 e. The highest BCUT2D eigenvalue weighted by atomic mass is 79.9. The van der Waals surface area contributed by atoms with E-state index in [1.54, 1.807) is 4.90 Å². The molecule has 2 aliphatic heterocycles. The van der Waals surface area contributed by atoms with Crippen LogP contribution in [0.2, 0.25) is 0 Å². The Hall–Kier alpha value is -0.690. The second kappa shape index (κ2) is 7.25. The van der Waals surface area contributed by atoms with Gasteiger partial charge >= 0.3 is 0 Å². The number of carbonyl (C=O) groups is 1. The van der Waals surface area contributed by atoms with E-state index in [4.69, 9.17) is 12.2 Å². The number of amides is 1. The van der Waals surface area contributed by atoms with Crippen LogP contribution in [0.4, 0.5) is 0 Å². The molecule has 6 heteroatoms. The van der Waals surface area contributed by atoms with Gasteiger partial charge in [-0.1, -0.05) is 58.5 Å². The van der Waals surface area contributed by atoms with Crippen molar-refractivity contribution >= 4 is 56.2 Å². The minimum Gasteiger partial charge on any atom is -0.286 e. The Morgan fingerprint density at radius 1 is 1.18 bits per heavy atom. The Balaban J connectivity index is 1.71. The van der Waals surface area contributed by atoms with Crippen LogP contribution in [0.25, 0.3) is 6.08 Å². The Bertz CT molecular complexity index is 609. The van der Waals surface area contributed by atoms with E-state index >= 15 is 0 Å². The standard InChI is InChI=1S/C16H17BrN2OS2/c17-13-6-4-12(5-7-13)10-14-15(20)19(16(21)22-14)11-18-8-2-1-3-9-18/h4-7,10H,1-3,8-9,11H2/b14-10+. The van der Waals surface area contributed by atoms with Crippen LogP contribution in [-0.4, -0.2) is 39.8 Å². The first kappa shape index (κ1) is 16.2. The minimum atomic E-state index is 0.0310. The number of thioether (sulfide) groups is 1. The summed E-state index contributed by atoms with van der Waals surface area (Å²) >= 11 is 10.2. The third-order valence-corrected chi connectivity index (χ3v) is 5.74. The molecule has 2 heterocycles. The number of carbonyl (C=O) groups excluding carboxylic acids is 1. The lowest BCUT2D eigenvalue weighted by Crippen LogP contribution is -2.42. The molecular formula is C16H17BrN2OS2. The predicted octanol–water partition coefficient (Wildman–Crippen LogP) is 4.09. The summed E-state index contributed by atoms with van der Waals surface area (Å²) in [6.07, 6.45) is 5.63.